The van der Waals surface area contributed by atoms with Crippen molar-refractivity contribution in [3.63, 3.8) is 0 Å². The summed E-state index contributed by atoms with van der Waals surface area (Å²) in [7, 11) is 0. The average Bonchev–Trinajstić information content (AvgIpc) is 2.09. The Morgan fingerprint density at radius 3 is 1.92 bits per heavy atom. The van der Waals surface area contributed by atoms with Crippen molar-refractivity contribution in [3.05, 3.63) is 36.0 Å². The van der Waals surface area contributed by atoms with Gasteiger partial charge in [-0.2, -0.15) is 0 Å². The van der Waals surface area contributed by atoms with E-state index in [0.717, 1.165) is 0 Å². The molecule has 0 nitrogen and oxygen atoms in total. The highest BCUT2D eigenvalue weighted by molar-refractivity contribution is 5.32. The smallest absolute Gasteiger partial charge is 0.0219 e. The standard InChI is InChI=1S/C11H18.C2H6/c1-6-8-10(5)11(7-2)9(3)4;1-2/h6-9H,1H2,2-5H3;1-2H3/b10-8-,11-7-;. The van der Waals surface area contributed by atoms with Crippen molar-refractivity contribution in [1.82, 2.24) is 0 Å². The Hall–Kier alpha value is -0.780. The largest absolute Gasteiger partial charge is 0.0991 e. The summed E-state index contributed by atoms with van der Waals surface area (Å²) in [6, 6.07) is 0. The lowest BCUT2D eigenvalue weighted by Gasteiger charge is -2.10. The number of hydrogen-bond donors (Lipinski definition) is 0. The van der Waals surface area contributed by atoms with Crippen molar-refractivity contribution in [2.75, 3.05) is 0 Å². The molecule has 0 aromatic rings. The van der Waals surface area contributed by atoms with E-state index in [1.807, 2.05) is 19.9 Å². The molecule has 0 saturated carbocycles. The van der Waals surface area contributed by atoms with Crippen LogP contribution < -0.4 is 0 Å². The third kappa shape index (κ3) is 6.39. The van der Waals surface area contributed by atoms with Crippen molar-refractivity contribution < 1.29 is 0 Å². The predicted molar refractivity (Wildman–Crippen MR) is 63.9 cm³/mol. The van der Waals surface area contributed by atoms with Crippen LogP contribution in [0.25, 0.3) is 0 Å². The van der Waals surface area contributed by atoms with Crippen LogP contribution in [0.4, 0.5) is 0 Å². The first-order valence-electron chi connectivity index (χ1n) is 5.09. The summed E-state index contributed by atoms with van der Waals surface area (Å²) in [6.07, 6.45) is 6.05. The maximum Gasteiger partial charge on any atom is -0.0219 e. The summed E-state index contributed by atoms with van der Waals surface area (Å²) >= 11 is 0. The topological polar surface area (TPSA) is 0 Å². The van der Waals surface area contributed by atoms with Gasteiger partial charge in [-0.1, -0.05) is 52.5 Å². The Morgan fingerprint density at radius 1 is 1.23 bits per heavy atom. The lowest BCUT2D eigenvalue weighted by Crippen LogP contribution is -1.94. The molecule has 0 aromatic carbocycles. The van der Waals surface area contributed by atoms with E-state index in [4.69, 9.17) is 0 Å². The molecule has 0 spiro atoms. The zero-order valence-electron chi connectivity index (χ0n) is 10.0. The van der Waals surface area contributed by atoms with Crippen LogP contribution in [0.3, 0.4) is 0 Å². The van der Waals surface area contributed by atoms with Crippen LogP contribution in [0.15, 0.2) is 36.0 Å². The van der Waals surface area contributed by atoms with Gasteiger partial charge in [0.05, 0.1) is 0 Å². The van der Waals surface area contributed by atoms with Crippen molar-refractivity contribution >= 4 is 0 Å². The van der Waals surface area contributed by atoms with Gasteiger partial charge in [0.1, 0.15) is 0 Å². The minimum atomic E-state index is 0.608. The zero-order valence-corrected chi connectivity index (χ0v) is 10.0. The first-order valence-corrected chi connectivity index (χ1v) is 5.09. The Bertz CT molecular complexity index is 180. The van der Waals surface area contributed by atoms with E-state index in [1.165, 1.54) is 11.1 Å². The molecule has 76 valence electrons. The molecule has 0 radical (unpaired) electrons. The van der Waals surface area contributed by atoms with Crippen molar-refractivity contribution in [1.29, 1.82) is 0 Å². The Labute approximate surface area is 84.1 Å². The number of rotatable bonds is 3. The molecule has 13 heavy (non-hydrogen) atoms. The molecular formula is C13H24. The molecule has 0 heteroatoms. The molecule has 0 aliphatic rings. The quantitative estimate of drug-likeness (QED) is 0.550. The summed E-state index contributed by atoms with van der Waals surface area (Å²) in [5.41, 5.74) is 2.72. The van der Waals surface area contributed by atoms with Gasteiger partial charge < -0.3 is 0 Å². The molecule has 0 fully saturated rings. The fourth-order valence-corrected chi connectivity index (χ4v) is 1.29. The molecule has 0 aliphatic heterocycles. The molecule has 0 heterocycles. The van der Waals surface area contributed by atoms with E-state index in [1.54, 1.807) is 0 Å². The molecule has 0 N–H and O–H groups in total. The van der Waals surface area contributed by atoms with Gasteiger partial charge in [-0.05, 0) is 30.9 Å². The lowest BCUT2D eigenvalue weighted by atomic mass is 9.96. The van der Waals surface area contributed by atoms with Crippen LogP contribution in [0.1, 0.15) is 41.5 Å². The maximum atomic E-state index is 3.67. The minimum absolute atomic E-state index is 0.608. The molecule has 0 unspecified atom stereocenters. The number of hydrogen-bond acceptors (Lipinski definition) is 0. The second-order valence-corrected chi connectivity index (χ2v) is 2.98. The molecule has 0 saturated heterocycles. The highest BCUT2D eigenvalue weighted by atomic mass is 14.1. The highest BCUT2D eigenvalue weighted by Crippen LogP contribution is 2.18. The summed E-state index contributed by atoms with van der Waals surface area (Å²) in [6.45, 7) is 16.3. The van der Waals surface area contributed by atoms with E-state index in [-0.39, 0.29) is 0 Å². The zero-order chi connectivity index (χ0) is 10.9. The van der Waals surface area contributed by atoms with Gasteiger partial charge >= 0.3 is 0 Å². The first-order chi connectivity index (χ1) is 6.13. The van der Waals surface area contributed by atoms with E-state index in [0.29, 0.717) is 5.92 Å². The fraction of sp³-hybridized carbons (Fsp3) is 0.538. The Morgan fingerprint density at radius 2 is 1.69 bits per heavy atom. The van der Waals surface area contributed by atoms with E-state index >= 15 is 0 Å². The van der Waals surface area contributed by atoms with Gasteiger partial charge in [-0.25, -0.2) is 0 Å². The molecular weight excluding hydrogens is 156 g/mol. The van der Waals surface area contributed by atoms with Crippen molar-refractivity contribution in [2.24, 2.45) is 5.92 Å². The summed E-state index contributed by atoms with van der Waals surface area (Å²) in [4.78, 5) is 0. The van der Waals surface area contributed by atoms with Crippen LogP contribution in [0.5, 0.6) is 0 Å². The van der Waals surface area contributed by atoms with Gasteiger partial charge in [0.15, 0.2) is 0 Å². The van der Waals surface area contributed by atoms with Gasteiger partial charge in [-0.3, -0.25) is 0 Å². The second kappa shape index (κ2) is 9.31. The normalized spacial score (nSPS) is 12.2. The van der Waals surface area contributed by atoms with Crippen LogP contribution in [0, 0.1) is 5.92 Å². The monoisotopic (exact) mass is 180 g/mol. The Balaban J connectivity index is 0. The third-order valence-electron chi connectivity index (χ3n) is 1.76. The highest BCUT2D eigenvalue weighted by Gasteiger charge is 2.01. The van der Waals surface area contributed by atoms with Gasteiger partial charge in [0, 0.05) is 0 Å². The van der Waals surface area contributed by atoms with Crippen molar-refractivity contribution in [2.45, 2.75) is 41.5 Å². The fourth-order valence-electron chi connectivity index (χ4n) is 1.29. The van der Waals surface area contributed by atoms with E-state index < -0.39 is 0 Å². The van der Waals surface area contributed by atoms with Gasteiger partial charge in [-0.15, -0.1) is 0 Å². The lowest BCUT2D eigenvalue weighted by molar-refractivity contribution is 0.775. The molecule has 0 rings (SSSR count). The third-order valence-corrected chi connectivity index (χ3v) is 1.76. The number of allylic oxidation sites excluding steroid dienone is 5. The van der Waals surface area contributed by atoms with E-state index in [9.17, 15) is 0 Å². The van der Waals surface area contributed by atoms with Crippen LogP contribution in [0.2, 0.25) is 0 Å². The summed E-state index contributed by atoms with van der Waals surface area (Å²) in [5, 5.41) is 0. The van der Waals surface area contributed by atoms with Crippen LogP contribution in [-0.2, 0) is 0 Å². The predicted octanol–water partition coefficient (Wildman–Crippen LogP) is 4.75. The minimum Gasteiger partial charge on any atom is -0.0991 e. The molecule has 0 atom stereocenters. The summed E-state index contributed by atoms with van der Waals surface area (Å²) < 4.78 is 0. The van der Waals surface area contributed by atoms with Gasteiger partial charge in [0.2, 0.25) is 0 Å². The van der Waals surface area contributed by atoms with Crippen LogP contribution in [-0.4, -0.2) is 0 Å². The Kier molecular flexibility index (Phi) is 10.5. The van der Waals surface area contributed by atoms with E-state index in [2.05, 4.69) is 46.4 Å². The average molecular weight is 180 g/mol. The van der Waals surface area contributed by atoms with Crippen molar-refractivity contribution in [3.8, 4) is 0 Å². The van der Waals surface area contributed by atoms with Crippen LogP contribution >= 0.6 is 0 Å². The summed E-state index contributed by atoms with van der Waals surface area (Å²) in [5.74, 6) is 0.608. The molecule has 0 aliphatic carbocycles. The second-order valence-electron chi connectivity index (χ2n) is 2.98. The molecule has 0 amide bonds. The molecule has 0 bridgehead atoms. The maximum absolute atomic E-state index is 3.67. The SMILES string of the molecule is C=C/C=C(C)\C(=C/C)C(C)C.CC. The van der Waals surface area contributed by atoms with Gasteiger partial charge in [0.25, 0.3) is 0 Å². The molecule has 0 aromatic heterocycles. The first kappa shape index (κ1) is 14.7.